The number of carbonyl (C=O) groups is 2. The van der Waals surface area contributed by atoms with E-state index < -0.39 is 5.60 Å². The Morgan fingerprint density at radius 3 is 2.23 bits per heavy atom. The molecule has 1 aliphatic rings. The zero-order valence-electron chi connectivity index (χ0n) is 18.0. The van der Waals surface area contributed by atoms with Crippen molar-refractivity contribution in [3.63, 3.8) is 0 Å². The van der Waals surface area contributed by atoms with Gasteiger partial charge in [0.2, 0.25) is 0 Å². The largest absolute Gasteiger partial charge is 0.460 e. The number of carbonyl (C=O) groups excluding carboxylic acids is 2. The highest BCUT2D eigenvalue weighted by molar-refractivity contribution is 5.75. The number of esters is 1. The molecule has 0 N–H and O–H groups in total. The van der Waals surface area contributed by atoms with Gasteiger partial charge in [-0.2, -0.15) is 0 Å². The highest BCUT2D eigenvalue weighted by atomic mass is 16.6. The normalized spacial score (nSPS) is 18.7. The Hall–Kier alpha value is -2.82. The monoisotopic (exact) mass is 409 g/mol. The van der Waals surface area contributed by atoms with Gasteiger partial charge >= 0.3 is 12.1 Å². The number of nitrogens with zero attached hydrogens (tertiary/aromatic N) is 1. The van der Waals surface area contributed by atoms with Gasteiger partial charge in [0.05, 0.1) is 12.5 Å². The van der Waals surface area contributed by atoms with Crippen LogP contribution in [-0.2, 0) is 27.1 Å². The fourth-order valence-electron chi connectivity index (χ4n) is 3.64. The number of amides is 1. The molecule has 1 amide bonds. The maximum Gasteiger partial charge on any atom is 0.410 e. The quantitative estimate of drug-likeness (QED) is 0.625. The molecule has 0 radical (unpaired) electrons. The molecule has 0 bridgehead atoms. The zero-order chi connectivity index (χ0) is 21.6. The second-order valence-electron chi connectivity index (χ2n) is 8.84. The van der Waals surface area contributed by atoms with Crippen LogP contribution < -0.4 is 0 Å². The summed E-state index contributed by atoms with van der Waals surface area (Å²) in [6.07, 6.45) is 1.30. The smallest absolute Gasteiger partial charge is 0.410 e. The Kier molecular flexibility index (Phi) is 7.14. The zero-order valence-corrected chi connectivity index (χ0v) is 18.0. The summed E-state index contributed by atoms with van der Waals surface area (Å²) in [7, 11) is 0. The summed E-state index contributed by atoms with van der Waals surface area (Å²) in [5, 5.41) is 0. The molecule has 1 saturated heterocycles. The standard InChI is InChI=1S/C25H31NO4/c1-25(2,3)30-24(28)26(15-14-19-10-6-4-7-11-19)18-22-17-21(23(27)29-22)16-20-12-8-5-9-13-20/h4-13,21-22H,14-18H2,1-3H3/t21-,22?/m1/s1. The minimum atomic E-state index is -0.579. The summed E-state index contributed by atoms with van der Waals surface area (Å²) in [4.78, 5) is 26.8. The Bertz CT molecular complexity index is 829. The third-order valence-electron chi connectivity index (χ3n) is 5.08. The van der Waals surface area contributed by atoms with Gasteiger partial charge < -0.3 is 14.4 Å². The molecule has 30 heavy (non-hydrogen) atoms. The third-order valence-corrected chi connectivity index (χ3v) is 5.08. The van der Waals surface area contributed by atoms with E-state index in [4.69, 9.17) is 9.47 Å². The fraction of sp³-hybridized carbons (Fsp3) is 0.440. The van der Waals surface area contributed by atoms with Gasteiger partial charge in [0.1, 0.15) is 11.7 Å². The van der Waals surface area contributed by atoms with Crippen molar-refractivity contribution >= 4 is 12.1 Å². The van der Waals surface area contributed by atoms with Gasteiger partial charge in [0.15, 0.2) is 0 Å². The van der Waals surface area contributed by atoms with E-state index in [0.29, 0.717) is 32.4 Å². The van der Waals surface area contributed by atoms with E-state index >= 15 is 0 Å². The maximum atomic E-state index is 12.8. The summed E-state index contributed by atoms with van der Waals surface area (Å²) in [5.74, 6) is -0.358. The van der Waals surface area contributed by atoms with Crippen molar-refractivity contribution in [2.45, 2.75) is 51.7 Å². The van der Waals surface area contributed by atoms with Crippen molar-refractivity contribution < 1.29 is 19.1 Å². The summed E-state index contributed by atoms with van der Waals surface area (Å²) in [6, 6.07) is 20.0. The third kappa shape index (κ3) is 6.61. The predicted octanol–water partition coefficient (Wildman–Crippen LogP) is 4.64. The van der Waals surface area contributed by atoms with E-state index in [1.165, 1.54) is 0 Å². The molecule has 5 heteroatoms. The van der Waals surface area contributed by atoms with Crippen molar-refractivity contribution in [1.29, 1.82) is 0 Å². The van der Waals surface area contributed by atoms with Crippen LogP contribution in [0.5, 0.6) is 0 Å². The van der Waals surface area contributed by atoms with Gasteiger partial charge in [-0.1, -0.05) is 60.7 Å². The molecule has 0 aliphatic carbocycles. The van der Waals surface area contributed by atoms with Crippen LogP contribution in [0.2, 0.25) is 0 Å². The summed E-state index contributed by atoms with van der Waals surface area (Å²) in [5.41, 5.74) is 1.69. The molecule has 1 fully saturated rings. The molecule has 2 aromatic carbocycles. The van der Waals surface area contributed by atoms with Crippen molar-refractivity contribution in [3.05, 3.63) is 71.8 Å². The minimum absolute atomic E-state index is 0.174. The predicted molar refractivity (Wildman–Crippen MR) is 116 cm³/mol. The van der Waals surface area contributed by atoms with Gasteiger partial charge in [0, 0.05) is 6.54 Å². The first-order valence-corrected chi connectivity index (χ1v) is 10.6. The molecule has 1 unspecified atom stereocenters. The second-order valence-corrected chi connectivity index (χ2v) is 8.84. The van der Waals surface area contributed by atoms with E-state index in [9.17, 15) is 9.59 Å². The van der Waals surface area contributed by atoms with Crippen LogP contribution in [0.25, 0.3) is 0 Å². The van der Waals surface area contributed by atoms with Crippen molar-refractivity contribution in [3.8, 4) is 0 Å². The Morgan fingerprint density at radius 1 is 1.03 bits per heavy atom. The van der Waals surface area contributed by atoms with Crippen LogP contribution in [-0.4, -0.2) is 41.8 Å². The average Bonchev–Trinajstić information content (AvgIpc) is 3.04. The molecule has 0 saturated carbocycles. The lowest BCUT2D eigenvalue weighted by atomic mass is 9.96. The summed E-state index contributed by atoms with van der Waals surface area (Å²) < 4.78 is 11.2. The Balaban J connectivity index is 1.62. The molecular formula is C25H31NO4. The van der Waals surface area contributed by atoms with Gasteiger partial charge in [-0.15, -0.1) is 0 Å². The molecule has 2 aromatic rings. The van der Waals surface area contributed by atoms with Crippen molar-refractivity contribution in [1.82, 2.24) is 4.90 Å². The highest BCUT2D eigenvalue weighted by Gasteiger charge is 2.36. The lowest BCUT2D eigenvalue weighted by molar-refractivity contribution is -0.144. The van der Waals surface area contributed by atoms with Crippen LogP contribution >= 0.6 is 0 Å². The Morgan fingerprint density at radius 2 is 1.63 bits per heavy atom. The van der Waals surface area contributed by atoms with Crippen LogP contribution in [0.1, 0.15) is 38.3 Å². The molecule has 2 atom stereocenters. The molecule has 1 heterocycles. The molecule has 1 aliphatic heterocycles. The lowest BCUT2D eigenvalue weighted by Gasteiger charge is -2.29. The van der Waals surface area contributed by atoms with E-state index in [1.807, 2.05) is 81.4 Å². The van der Waals surface area contributed by atoms with E-state index in [1.54, 1.807) is 4.90 Å². The van der Waals surface area contributed by atoms with Crippen LogP contribution in [0.3, 0.4) is 0 Å². The topological polar surface area (TPSA) is 55.8 Å². The molecule has 3 rings (SSSR count). The fourth-order valence-corrected chi connectivity index (χ4v) is 3.64. The number of hydrogen-bond acceptors (Lipinski definition) is 4. The average molecular weight is 410 g/mol. The van der Waals surface area contributed by atoms with Crippen molar-refractivity contribution in [2.75, 3.05) is 13.1 Å². The first kappa shape index (κ1) is 21.9. The van der Waals surface area contributed by atoms with E-state index in [0.717, 1.165) is 11.1 Å². The van der Waals surface area contributed by atoms with Crippen LogP contribution in [0.15, 0.2) is 60.7 Å². The maximum absolute atomic E-state index is 12.8. The highest BCUT2D eigenvalue weighted by Crippen LogP contribution is 2.26. The minimum Gasteiger partial charge on any atom is -0.460 e. The number of benzene rings is 2. The van der Waals surface area contributed by atoms with Crippen LogP contribution in [0, 0.1) is 5.92 Å². The first-order chi connectivity index (χ1) is 14.3. The summed E-state index contributed by atoms with van der Waals surface area (Å²) in [6.45, 7) is 6.42. The second kappa shape index (κ2) is 9.79. The van der Waals surface area contributed by atoms with Crippen LogP contribution in [0.4, 0.5) is 4.79 Å². The molecular weight excluding hydrogens is 378 g/mol. The van der Waals surface area contributed by atoms with Gasteiger partial charge in [0.25, 0.3) is 0 Å². The number of ether oxygens (including phenoxy) is 2. The Labute approximate surface area is 179 Å². The SMILES string of the molecule is CC(C)(C)OC(=O)N(CCc1ccccc1)CC1C[C@@H](Cc2ccccc2)C(=O)O1. The van der Waals surface area contributed by atoms with Crippen molar-refractivity contribution in [2.24, 2.45) is 5.92 Å². The van der Waals surface area contributed by atoms with Gasteiger partial charge in [-0.25, -0.2) is 4.79 Å². The van der Waals surface area contributed by atoms with Gasteiger partial charge in [-0.05, 0) is 51.2 Å². The number of hydrogen-bond donors (Lipinski definition) is 0. The van der Waals surface area contributed by atoms with E-state index in [-0.39, 0.29) is 24.1 Å². The molecule has 0 aromatic heterocycles. The number of cyclic esters (lactones) is 1. The lowest BCUT2D eigenvalue weighted by Crippen LogP contribution is -2.42. The molecule has 0 spiro atoms. The first-order valence-electron chi connectivity index (χ1n) is 10.6. The van der Waals surface area contributed by atoms with Gasteiger partial charge in [-0.3, -0.25) is 4.79 Å². The van der Waals surface area contributed by atoms with E-state index in [2.05, 4.69) is 0 Å². The molecule has 160 valence electrons. The molecule has 5 nitrogen and oxygen atoms in total. The summed E-state index contributed by atoms with van der Waals surface area (Å²) >= 11 is 0. The number of rotatable bonds is 7.